The lowest BCUT2D eigenvalue weighted by Crippen LogP contribution is -2.56. The minimum Gasteiger partial charge on any atom is -0.445 e. The number of hydrogen-bond donors (Lipinski definition) is 7. The van der Waals surface area contributed by atoms with E-state index in [1.807, 2.05) is 88.4 Å². The van der Waals surface area contributed by atoms with Crippen molar-refractivity contribution in [3.05, 3.63) is 77.9 Å². The summed E-state index contributed by atoms with van der Waals surface area (Å²) in [6.45, 7) is 8.50. The van der Waals surface area contributed by atoms with Crippen molar-refractivity contribution in [2.24, 2.45) is 17.6 Å². The second-order valence-electron chi connectivity index (χ2n) is 12.3. The fraction of sp³-hybridized carbons (Fsp3) is 0.457. The van der Waals surface area contributed by atoms with Gasteiger partial charge in [0.15, 0.2) is 5.96 Å². The summed E-state index contributed by atoms with van der Waals surface area (Å²) >= 11 is 0. The molecule has 0 fully saturated rings. The van der Waals surface area contributed by atoms with Gasteiger partial charge in [-0.25, -0.2) is 4.79 Å². The van der Waals surface area contributed by atoms with Gasteiger partial charge in [0.05, 0.1) is 0 Å². The summed E-state index contributed by atoms with van der Waals surface area (Å²) in [5, 5.41) is 21.4. The van der Waals surface area contributed by atoms with Gasteiger partial charge >= 0.3 is 6.09 Å². The van der Waals surface area contributed by atoms with Gasteiger partial charge in [-0.1, -0.05) is 88.4 Å². The number of carbonyl (C=O) groups excluding carboxylic acids is 4. The van der Waals surface area contributed by atoms with E-state index in [4.69, 9.17) is 15.9 Å². The standard InChI is InChI=1S/C35H51N7O5/c1-24(2)20-28(22-39-31(43)18-17-26-12-7-5-8-13-26)40-33(45)30(21-25(3)4)41-32(44)29(16-11-19-38-34(36)37)42-35(46)47-23-27-14-9-6-10-15-27/h5-10,12-15,17-18,24-25,28-30H,11,16,19-23H2,1-4H3,(H,39,43)(H,40,45)(H,41,44)(H,42,46)(H4,36,37,38)/b18-17+/t28-,29-,30-/m0/s1. The Kier molecular flexibility index (Phi) is 17.1. The summed E-state index contributed by atoms with van der Waals surface area (Å²) in [4.78, 5) is 52.3. The molecule has 0 bridgehead atoms. The topological polar surface area (TPSA) is 188 Å². The third-order valence-electron chi connectivity index (χ3n) is 7.00. The highest BCUT2D eigenvalue weighted by Crippen LogP contribution is 2.10. The van der Waals surface area contributed by atoms with Crippen LogP contribution in [0.2, 0.25) is 0 Å². The number of alkyl carbamates (subject to hydrolysis) is 1. The number of benzene rings is 2. The number of hydrogen-bond acceptors (Lipinski definition) is 6. The molecule has 4 amide bonds. The van der Waals surface area contributed by atoms with Crippen LogP contribution >= 0.6 is 0 Å². The lowest BCUT2D eigenvalue weighted by atomic mass is 10.00. The largest absolute Gasteiger partial charge is 0.445 e. The van der Waals surface area contributed by atoms with Gasteiger partial charge in [0, 0.05) is 25.2 Å². The molecule has 0 aliphatic heterocycles. The molecule has 256 valence electrons. The van der Waals surface area contributed by atoms with Crippen molar-refractivity contribution in [3.63, 3.8) is 0 Å². The quantitative estimate of drug-likeness (QED) is 0.0525. The van der Waals surface area contributed by atoms with E-state index in [1.54, 1.807) is 6.08 Å². The normalized spacial score (nSPS) is 13.0. The zero-order valence-electron chi connectivity index (χ0n) is 27.9. The molecular formula is C35H51N7O5. The molecule has 2 aromatic carbocycles. The molecule has 0 saturated carbocycles. The molecule has 0 radical (unpaired) electrons. The van der Waals surface area contributed by atoms with Crippen LogP contribution in [0.1, 0.15) is 64.5 Å². The molecule has 0 aromatic heterocycles. The van der Waals surface area contributed by atoms with E-state index in [1.165, 1.54) is 6.08 Å². The number of amides is 4. The van der Waals surface area contributed by atoms with Crippen LogP contribution in [0.5, 0.6) is 0 Å². The number of nitrogens with one attached hydrogen (secondary N) is 6. The number of nitrogens with two attached hydrogens (primary N) is 1. The van der Waals surface area contributed by atoms with Crippen LogP contribution in [0.3, 0.4) is 0 Å². The monoisotopic (exact) mass is 649 g/mol. The van der Waals surface area contributed by atoms with Crippen LogP contribution in [0.25, 0.3) is 6.08 Å². The maximum absolute atomic E-state index is 13.6. The van der Waals surface area contributed by atoms with Crippen molar-refractivity contribution in [2.45, 2.75) is 78.1 Å². The summed E-state index contributed by atoms with van der Waals surface area (Å²) in [6.07, 6.45) is 3.99. The van der Waals surface area contributed by atoms with Crippen molar-refractivity contribution in [3.8, 4) is 0 Å². The van der Waals surface area contributed by atoms with Crippen molar-refractivity contribution >= 4 is 35.9 Å². The molecule has 0 spiro atoms. The van der Waals surface area contributed by atoms with Gasteiger partial charge in [0.2, 0.25) is 17.7 Å². The first-order chi connectivity index (χ1) is 22.4. The van der Waals surface area contributed by atoms with Gasteiger partial charge in [-0.05, 0) is 54.7 Å². The molecule has 2 aromatic rings. The molecule has 0 aliphatic rings. The highest BCUT2D eigenvalue weighted by atomic mass is 16.5. The van der Waals surface area contributed by atoms with E-state index >= 15 is 0 Å². The van der Waals surface area contributed by atoms with Crippen LogP contribution in [0, 0.1) is 17.2 Å². The van der Waals surface area contributed by atoms with Gasteiger partial charge in [0.25, 0.3) is 0 Å². The average Bonchev–Trinajstić information content (AvgIpc) is 3.03. The van der Waals surface area contributed by atoms with Crippen LogP contribution in [-0.4, -0.2) is 61.0 Å². The number of ether oxygens (including phenoxy) is 1. The zero-order valence-corrected chi connectivity index (χ0v) is 27.9. The van der Waals surface area contributed by atoms with Crippen LogP contribution in [-0.2, 0) is 25.7 Å². The first-order valence-corrected chi connectivity index (χ1v) is 16.1. The summed E-state index contributed by atoms with van der Waals surface area (Å²) in [5.74, 6) is -1.10. The second-order valence-corrected chi connectivity index (χ2v) is 12.3. The summed E-state index contributed by atoms with van der Waals surface area (Å²) in [7, 11) is 0. The maximum atomic E-state index is 13.6. The first kappa shape index (κ1) is 38.3. The second kappa shape index (κ2) is 21.0. The van der Waals surface area contributed by atoms with E-state index in [0.717, 1.165) is 11.1 Å². The third-order valence-corrected chi connectivity index (χ3v) is 7.00. The molecule has 12 nitrogen and oxygen atoms in total. The number of carbonyl (C=O) groups is 4. The van der Waals surface area contributed by atoms with Crippen molar-refractivity contribution in [2.75, 3.05) is 13.1 Å². The first-order valence-electron chi connectivity index (χ1n) is 16.1. The highest BCUT2D eigenvalue weighted by Gasteiger charge is 2.29. The van der Waals surface area contributed by atoms with Gasteiger partial charge in [0.1, 0.15) is 18.7 Å². The highest BCUT2D eigenvalue weighted by molar-refractivity contribution is 5.92. The molecule has 12 heteroatoms. The van der Waals surface area contributed by atoms with E-state index in [0.29, 0.717) is 25.8 Å². The van der Waals surface area contributed by atoms with Crippen molar-refractivity contribution in [1.82, 2.24) is 26.6 Å². The Labute approximate surface area is 278 Å². The third kappa shape index (κ3) is 16.9. The van der Waals surface area contributed by atoms with Crippen molar-refractivity contribution < 1.29 is 23.9 Å². The van der Waals surface area contributed by atoms with Gasteiger partial charge in [-0.15, -0.1) is 0 Å². The zero-order chi connectivity index (χ0) is 34.6. The molecule has 0 heterocycles. The van der Waals surface area contributed by atoms with E-state index in [9.17, 15) is 19.2 Å². The predicted molar refractivity (Wildman–Crippen MR) is 184 cm³/mol. The van der Waals surface area contributed by atoms with E-state index in [2.05, 4.69) is 26.6 Å². The van der Waals surface area contributed by atoms with Crippen LogP contribution < -0.4 is 32.3 Å². The lowest BCUT2D eigenvalue weighted by Gasteiger charge is -2.27. The Hall–Kier alpha value is -4.87. The Morgan fingerprint density at radius 1 is 0.809 bits per heavy atom. The molecule has 47 heavy (non-hydrogen) atoms. The average molecular weight is 650 g/mol. The Bertz CT molecular complexity index is 1300. The Morgan fingerprint density at radius 2 is 1.43 bits per heavy atom. The summed E-state index contributed by atoms with van der Waals surface area (Å²) in [5.41, 5.74) is 7.06. The summed E-state index contributed by atoms with van der Waals surface area (Å²) < 4.78 is 5.33. The molecule has 0 aliphatic carbocycles. The van der Waals surface area contributed by atoms with Crippen LogP contribution in [0.15, 0.2) is 66.7 Å². The fourth-order valence-electron chi connectivity index (χ4n) is 4.76. The van der Waals surface area contributed by atoms with Crippen LogP contribution in [0.4, 0.5) is 4.79 Å². The van der Waals surface area contributed by atoms with Gasteiger partial charge in [-0.3, -0.25) is 19.8 Å². The SMILES string of the molecule is CC(C)C[C@@H](CNC(=O)/C=C/c1ccccc1)NC(=O)[C@H](CC(C)C)NC(=O)[C@H](CCCNC(=N)N)NC(=O)OCc1ccccc1. The van der Waals surface area contributed by atoms with Gasteiger partial charge in [-0.2, -0.15) is 0 Å². The number of rotatable bonds is 19. The molecule has 8 N–H and O–H groups in total. The minimum atomic E-state index is -1.00. The predicted octanol–water partition coefficient (Wildman–Crippen LogP) is 3.44. The molecule has 0 saturated heterocycles. The van der Waals surface area contributed by atoms with Crippen molar-refractivity contribution in [1.29, 1.82) is 5.41 Å². The van der Waals surface area contributed by atoms with E-state index < -0.39 is 24.1 Å². The summed E-state index contributed by atoms with van der Waals surface area (Å²) in [6, 6.07) is 16.4. The number of guanidine groups is 1. The minimum absolute atomic E-state index is 0.0289. The Morgan fingerprint density at radius 3 is 2.04 bits per heavy atom. The van der Waals surface area contributed by atoms with Gasteiger partial charge < -0.3 is 37.1 Å². The maximum Gasteiger partial charge on any atom is 0.408 e. The molecule has 3 atom stereocenters. The van der Waals surface area contributed by atoms with E-state index in [-0.39, 0.29) is 55.2 Å². The molecule has 0 unspecified atom stereocenters. The fourth-order valence-corrected chi connectivity index (χ4v) is 4.76. The lowest BCUT2D eigenvalue weighted by molar-refractivity contribution is -0.131. The molecular weight excluding hydrogens is 598 g/mol. The molecule has 2 rings (SSSR count). The smallest absolute Gasteiger partial charge is 0.408 e. The Balaban J connectivity index is 2.08.